The molecule has 3 rings (SSSR count). The lowest BCUT2D eigenvalue weighted by atomic mass is 10.1. The molecular formula is C22H20N4O3. The number of carbonyl (C=O) groups excluding carboxylic acids is 3. The van der Waals surface area contributed by atoms with Crippen LogP contribution in [0.1, 0.15) is 34.6 Å². The van der Waals surface area contributed by atoms with Crippen LogP contribution < -0.4 is 16.0 Å². The fourth-order valence-corrected chi connectivity index (χ4v) is 2.65. The minimum atomic E-state index is -0.308. The van der Waals surface area contributed by atoms with Gasteiger partial charge in [0.1, 0.15) is 5.82 Å². The van der Waals surface area contributed by atoms with Crippen LogP contribution in [-0.2, 0) is 4.79 Å². The highest BCUT2D eigenvalue weighted by atomic mass is 16.2. The second kappa shape index (κ2) is 8.79. The van der Waals surface area contributed by atoms with Gasteiger partial charge in [-0.3, -0.25) is 14.4 Å². The molecule has 7 nitrogen and oxygen atoms in total. The molecule has 3 aromatic rings. The summed E-state index contributed by atoms with van der Waals surface area (Å²) in [5.41, 5.74) is 2.95. The van der Waals surface area contributed by atoms with Crippen molar-refractivity contribution in [3.05, 3.63) is 78.0 Å². The first-order valence-electron chi connectivity index (χ1n) is 8.94. The second-order valence-corrected chi connectivity index (χ2v) is 6.40. The van der Waals surface area contributed by atoms with Crippen molar-refractivity contribution in [2.45, 2.75) is 13.8 Å². The van der Waals surface area contributed by atoms with Gasteiger partial charge < -0.3 is 16.0 Å². The van der Waals surface area contributed by atoms with E-state index >= 15 is 0 Å². The van der Waals surface area contributed by atoms with E-state index in [9.17, 15) is 14.4 Å². The van der Waals surface area contributed by atoms with E-state index in [1.54, 1.807) is 60.7 Å². The summed E-state index contributed by atoms with van der Waals surface area (Å²) in [5.74, 6) is -0.0134. The van der Waals surface area contributed by atoms with Crippen molar-refractivity contribution in [2.75, 3.05) is 16.0 Å². The Bertz CT molecular complexity index is 1060. The molecule has 29 heavy (non-hydrogen) atoms. The van der Waals surface area contributed by atoms with Gasteiger partial charge in [-0.15, -0.1) is 0 Å². The molecule has 146 valence electrons. The summed E-state index contributed by atoms with van der Waals surface area (Å²) in [5, 5.41) is 8.60. The number of pyridine rings is 1. The molecule has 0 spiro atoms. The molecule has 0 saturated heterocycles. The van der Waals surface area contributed by atoms with E-state index in [0.717, 1.165) is 5.69 Å². The van der Waals surface area contributed by atoms with Gasteiger partial charge in [-0.25, -0.2) is 4.98 Å². The maximum Gasteiger partial charge on any atom is 0.255 e. The monoisotopic (exact) mass is 388 g/mol. The zero-order valence-corrected chi connectivity index (χ0v) is 16.0. The lowest BCUT2D eigenvalue weighted by Crippen LogP contribution is -2.12. The van der Waals surface area contributed by atoms with E-state index in [-0.39, 0.29) is 17.6 Å². The van der Waals surface area contributed by atoms with Gasteiger partial charge in [0.05, 0.1) is 0 Å². The summed E-state index contributed by atoms with van der Waals surface area (Å²) in [6.45, 7) is 2.92. The van der Waals surface area contributed by atoms with E-state index in [1.807, 2.05) is 0 Å². The van der Waals surface area contributed by atoms with Gasteiger partial charge in [-0.1, -0.05) is 12.1 Å². The third kappa shape index (κ3) is 5.49. The first-order valence-corrected chi connectivity index (χ1v) is 8.94. The molecule has 0 fully saturated rings. The molecule has 1 heterocycles. The number of rotatable bonds is 6. The maximum atomic E-state index is 12.6. The fourth-order valence-electron chi connectivity index (χ4n) is 2.65. The highest BCUT2D eigenvalue weighted by Crippen LogP contribution is 2.19. The van der Waals surface area contributed by atoms with Crippen molar-refractivity contribution >= 4 is 40.5 Å². The van der Waals surface area contributed by atoms with Gasteiger partial charge in [-0.2, -0.15) is 0 Å². The number of nitrogens with one attached hydrogen (secondary N) is 3. The summed E-state index contributed by atoms with van der Waals surface area (Å²) in [6, 6.07) is 17.1. The van der Waals surface area contributed by atoms with Crippen molar-refractivity contribution in [2.24, 2.45) is 0 Å². The SMILES string of the molecule is CC(=O)Nc1ccc(Nc2cc(C(=O)Nc3cccc(C(C)=O)c3)ccn2)cc1. The van der Waals surface area contributed by atoms with Crippen LogP contribution in [0.5, 0.6) is 0 Å². The predicted octanol–water partition coefficient (Wildman–Crippen LogP) is 4.24. The number of ketones is 1. The number of anilines is 4. The highest BCUT2D eigenvalue weighted by molar-refractivity contribution is 6.05. The Balaban J connectivity index is 1.70. The molecule has 0 aliphatic heterocycles. The van der Waals surface area contributed by atoms with Crippen molar-refractivity contribution in [1.82, 2.24) is 4.98 Å². The molecule has 2 amide bonds. The Morgan fingerprint density at radius 3 is 2.17 bits per heavy atom. The molecular weight excluding hydrogens is 368 g/mol. The average Bonchev–Trinajstić information content (AvgIpc) is 2.69. The van der Waals surface area contributed by atoms with Crippen molar-refractivity contribution in [1.29, 1.82) is 0 Å². The van der Waals surface area contributed by atoms with E-state index in [4.69, 9.17) is 0 Å². The number of Topliss-reactive ketones (excluding diaryl/α,β-unsaturated/α-hetero) is 1. The summed E-state index contributed by atoms with van der Waals surface area (Å²) in [6.07, 6.45) is 1.54. The molecule has 0 saturated carbocycles. The molecule has 0 unspecified atom stereocenters. The molecule has 0 radical (unpaired) electrons. The smallest absolute Gasteiger partial charge is 0.255 e. The van der Waals surface area contributed by atoms with Crippen molar-refractivity contribution in [3.8, 4) is 0 Å². The number of benzene rings is 2. The number of carbonyl (C=O) groups is 3. The standard InChI is InChI=1S/C22H20N4O3/c1-14(27)16-4-3-5-20(12-16)26-22(29)17-10-11-23-21(13-17)25-19-8-6-18(7-9-19)24-15(2)28/h3-13H,1-2H3,(H,23,25)(H,24,28)(H,26,29). The number of aromatic nitrogens is 1. The molecule has 0 aliphatic rings. The normalized spacial score (nSPS) is 10.1. The number of hydrogen-bond donors (Lipinski definition) is 3. The van der Waals surface area contributed by atoms with Crippen LogP contribution in [0.4, 0.5) is 22.9 Å². The second-order valence-electron chi connectivity index (χ2n) is 6.40. The van der Waals surface area contributed by atoms with Crippen LogP contribution in [-0.4, -0.2) is 22.6 Å². The van der Waals surface area contributed by atoms with E-state index < -0.39 is 0 Å². The Morgan fingerprint density at radius 1 is 0.759 bits per heavy atom. The van der Waals surface area contributed by atoms with Gasteiger partial charge >= 0.3 is 0 Å². The molecule has 0 aliphatic carbocycles. The number of nitrogens with zero attached hydrogens (tertiary/aromatic N) is 1. The highest BCUT2D eigenvalue weighted by Gasteiger charge is 2.09. The first-order chi connectivity index (χ1) is 13.9. The zero-order valence-electron chi connectivity index (χ0n) is 16.0. The Hall–Kier alpha value is -4.00. The summed E-state index contributed by atoms with van der Waals surface area (Å²) in [4.78, 5) is 39.4. The number of amides is 2. The minimum Gasteiger partial charge on any atom is -0.340 e. The van der Waals surface area contributed by atoms with Crippen LogP contribution in [0.2, 0.25) is 0 Å². The van der Waals surface area contributed by atoms with Crippen LogP contribution in [0.25, 0.3) is 0 Å². The summed E-state index contributed by atoms with van der Waals surface area (Å²) in [7, 11) is 0. The zero-order chi connectivity index (χ0) is 20.8. The molecule has 0 bridgehead atoms. The third-order valence-corrected chi connectivity index (χ3v) is 4.03. The van der Waals surface area contributed by atoms with Gasteiger partial charge in [-0.05, 0) is 55.5 Å². The first kappa shape index (κ1) is 19.8. The van der Waals surface area contributed by atoms with E-state index in [0.29, 0.717) is 28.3 Å². The maximum absolute atomic E-state index is 12.6. The van der Waals surface area contributed by atoms with Crippen molar-refractivity contribution in [3.63, 3.8) is 0 Å². The largest absolute Gasteiger partial charge is 0.340 e. The Kier molecular flexibility index (Phi) is 5.99. The fraction of sp³-hybridized carbons (Fsp3) is 0.0909. The van der Waals surface area contributed by atoms with Gasteiger partial charge in [0, 0.05) is 41.3 Å². The molecule has 7 heteroatoms. The van der Waals surface area contributed by atoms with Crippen LogP contribution in [0.3, 0.4) is 0 Å². The Labute approximate surface area is 168 Å². The summed E-state index contributed by atoms with van der Waals surface area (Å²) >= 11 is 0. The van der Waals surface area contributed by atoms with Crippen LogP contribution >= 0.6 is 0 Å². The molecule has 2 aromatic carbocycles. The predicted molar refractivity (Wildman–Crippen MR) is 113 cm³/mol. The van der Waals surface area contributed by atoms with E-state index in [1.165, 1.54) is 20.0 Å². The average molecular weight is 388 g/mol. The van der Waals surface area contributed by atoms with Gasteiger partial charge in [0.2, 0.25) is 5.91 Å². The Morgan fingerprint density at radius 2 is 1.48 bits per heavy atom. The van der Waals surface area contributed by atoms with E-state index in [2.05, 4.69) is 20.9 Å². The van der Waals surface area contributed by atoms with Crippen LogP contribution in [0.15, 0.2) is 66.9 Å². The molecule has 3 N–H and O–H groups in total. The lowest BCUT2D eigenvalue weighted by molar-refractivity contribution is -0.114. The topological polar surface area (TPSA) is 100 Å². The van der Waals surface area contributed by atoms with Gasteiger partial charge in [0.25, 0.3) is 5.91 Å². The summed E-state index contributed by atoms with van der Waals surface area (Å²) < 4.78 is 0. The molecule has 1 aromatic heterocycles. The van der Waals surface area contributed by atoms with Crippen molar-refractivity contribution < 1.29 is 14.4 Å². The van der Waals surface area contributed by atoms with Gasteiger partial charge in [0.15, 0.2) is 5.78 Å². The number of hydrogen-bond acceptors (Lipinski definition) is 5. The quantitative estimate of drug-likeness (QED) is 0.549. The van der Waals surface area contributed by atoms with Crippen LogP contribution in [0, 0.1) is 0 Å². The minimum absolute atomic E-state index is 0.0685. The third-order valence-electron chi connectivity index (χ3n) is 4.03. The molecule has 0 atom stereocenters. The lowest BCUT2D eigenvalue weighted by Gasteiger charge is -2.10.